The standard InChI is InChI=1S/C74H70BN3OS/c1-70(2,3)46-30-33-57(52(38-46)45-22-13-12-14-23-45)76-61-44-65-53(50-24-15-17-27-64(50)79-65)43-56(61)75-55-40-48(72(7,8)9)32-35-59(55)77(60-26-21-29-67-68(60)51-25-16-18-28-66(51)80-67)63-42-49(41-62(76)69(63)75)78-58-34-31-47(71(4,5)6)39-54(58)73(10)36-19-20-37-74(73,78)11/h12-18,21-35,38-44H,19-20,36-37H2,1-11H3. The van der Waals surface area contributed by atoms with Crippen LogP contribution in [0.3, 0.4) is 0 Å². The molecule has 2 atom stereocenters. The van der Waals surface area contributed by atoms with Crippen molar-refractivity contribution in [2.75, 3.05) is 14.7 Å². The minimum absolute atomic E-state index is 0.0145. The van der Waals surface area contributed by atoms with Gasteiger partial charge in [0.1, 0.15) is 11.2 Å². The summed E-state index contributed by atoms with van der Waals surface area (Å²) in [6, 6.07) is 68.2. The lowest BCUT2D eigenvalue weighted by Gasteiger charge is -2.51. The number of furan rings is 1. The summed E-state index contributed by atoms with van der Waals surface area (Å²) in [5.74, 6) is 0. The number of hydrogen-bond donors (Lipinski definition) is 0. The molecule has 0 saturated heterocycles. The van der Waals surface area contributed by atoms with E-state index in [0.717, 1.165) is 46.2 Å². The predicted molar refractivity (Wildman–Crippen MR) is 345 cm³/mol. The quantitative estimate of drug-likeness (QED) is 0.164. The van der Waals surface area contributed by atoms with Crippen molar-refractivity contribution in [3.63, 3.8) is 0 Å². The summed E-state index contributed by atoms with van der Waals surface area (Å²) in [7, 11) is 0. The highest BCUT2D eigenvalue weighted by Crippen LogP contribution is 2.63. The van der Waals surface area contributed by atoms with Crippen LogP contribution in [0.5, 0.6) is 0 Å². The molecule has 11 aromatic rings. The first-order chi connectivity index (χ1) is 38.3. The Morgan fingerprint density at radius 3 is 1.80 bits per heavy atom. The van der Waals surface area contributed by atoms with Crippen LogP contribution >= 0.6 is 11.3 Å². The lowest BCUT2D eigenvalue weighted by atomic mass is 9.33. The number of hydrogen-bond acceptors (Lipinski definition) is 5. The number of nitrogens with zero attached hydrogens (tertiary/aromatic N) is 3. The van der Waals surface area contributed by atoms with Crippen molar-refractivity contribution < 1.29 is 4.42 Å². The summed E-state index contributed by atoms with van der Waals surface area (Å²) in [4.78, 5) is 8.18. The maximum absolute atomic E-state index is 6.97. The van der Waals surface area contributed by atoms with E-state index in [1.807, 2.05) is 11.3 Å². The largest absolute Gasteiger partial charge is 0.456 e. The molecule has 2 aromatic heterocycles. The Hall–Kier alpha value is -7.54. The van der Waals surface area contributed by atoms with Crippen LogP contribution in [0.1, 0.15) is 124 Å². The molecule has 80 heavy (non-hydrogen) atoms. The summed E-state index contributed by atoms with van der Waals surface area (Å²) in [5, 5.41) is 4.88. The third kappa shape index (κ3) is 7.06. The van der Waals surface area contributed by atoms with Gasteiger partial charge in [-0.25, -0.2) is 0 Å². The van der Waals surface area contributed by atoms with Crippen LogP contribution < -0.4 is 31.1 Å². The average molecular weight is 1060 g/mol. The SMILES string of the molecule is CC(C)(C)c1ccc2c(c1)B1c3cc4c(cc3N(c3ccc(C(C)(C)C)cc3-c3ccccc3)c3cc(N5c6ccc(C(C)(C)C)cc6C6(C)CCCCC56C)cc(c31)N2c1cccc2sc3ccccc3c12)oc1ccccc14. The third-order valence-corrected chi connectivity index (χ3v) is 20.6. The molecule has 1 saturated carbocycles. The molecular formula is C74H70BN3OS. The highest BCUT2D eigenvalue weighted by Gasteiger charge is 2.58. The zero-order chi connectivity index (χ0) is 55.0. The predicted octanol–water partition coefficient (Wildman–Crippen LogP) is 19.3. The van der Waals surface area contributed by atoms with Crippen LogP contribution in [-0.4, -0.2) is 12.3 Å². The van der Waals surface area contributed by atoms with Gasteiger partial charge in [-0.05, 0) is 141 Å². The van der Waals surface area contributed by atoms with Gasteiger partial charge in [0.15, 0.2) is 0 Å². The fraction of sp³-hybridized carbons (Fsp3) is 0.270. The molecule has 396 valence electrons. The number of para-hydroxylation sites is 1. The molecule has 4 nitrogen and oxygen atoms in total. The molecule has 6 heteroatoms. The number of anilines is 8. The van der Waals surface area contributed by atoms with Crippen LogP contribution in [0.15, 0.2) is 180 Å². The van der Waals surface area contributed by atoms with Gasteiger partial charge < -0.3 is 19.1 Å². The van der Waals surface area contributed by atoms with Crippen LogP contribution in [0.4, 0.5) is 45.5 Å². The summed E-state index contributed by atoms with van der Waals surface area (Å²) in [5.41, 5.74) is 22.9. The second-order valence-corrected chi connectivity index (χ2v) is 28.3. The van der Waals surface area contributed by atoms with Gasteiger partial charge in [0.05, 0.1) is 16.9 Å². The Labute approximate surface area is 476 Å². The Morgan fingerprint density at radius 2 is 1.06 bits per heavy atom. The van der Waals surface area contributed by atoms with E-state index in [0.29, 0.717) is 0 Å². The second-order valence-electron chi connectivity index (χ2n) is 27.3. The first kappa shape index (κ1) is 49.5. The lowest BCUT2D eigenvalue weighted by molar-refractivity contribution is 0.195. The van der Waals surface area contributed by atoms with Crippen LogP contribution in [0.25, 0.3) is 53.2 Å². The summed E-state index contributed by atoms with van der Waals surface area (Å²) in [6.07, 6.45) is 4.67. The molecule has 2 unspecified atom stereocenters. The van der Waals surface area contributed by atoms with Crippen molar-refractivity contribution in [3.8, 4) is 11.1 Å². The fourth-order valence-electron chi connectivity index (χ4n) is 14.9. The van der Waals surface area contributed by atoms with Crippen molar-refractivity contribution in [1.29, 1.82) is 0 Å². The van der Waals surface area contributed by atoms with Gasteiger partial charge in [-0.3, -0.25) is 0 Å². The van der Waals surface area contributed by atoms with Crippen molar-refractivity contribution >= 4 is 122 Å². The van der Waals surface area contributed by atoms with E-state index >= 15 is 0 Å². The number of benzene rings is 9. The van der Waals surface area contributed by atoms with E-state index in [2.05, 4.69) is 267 Å². The Bertz CT molecular complexity index is 4390. The topological polar surface area (TPSA) is 22.9 Å². The molecule has 4 aliphatic rings. The van der Waals surface area contributed by atoms with Gasteiger partial charge in [0, 0.05) is 82.1 Å². The van der Waals surface area contributed by atoms with Gasteiger partial charge in [-0.1, -0.05) is 191 Å². The molecule has 0 radical (unpaired) electrons. The fourth-order valence-corrected chi connectivity index (χ4v) is 16.0. The normalized spacial score (nSPS) is 18.7. The highest BCUT2D eigenvalue weighted by molar-refractivity contribution is 7.26. The Morgan fingerprint density at radius 1 is 0.463 bits per heavy atom. The molecule has 0 bridgehead atoms. The summed E-state index contributed by atoms with van der Waals surface area (Å²) >= 11 is 1.90. The molecule has 0 N–H and O–H groups in total. The van der Waals surface area contributed by atoms with Crippen molar-refractivity contribution in [2.24, 2.45) is 0 Å². The summed E-state index contributed by atoms with van der Waals surface area (Å²) in [6.45, 7) is 26.3. The molecule has 9 aromatic carbocycles. The van der Waals surface area contributed by atoms with E-state index < -0.39 is 0 Å². The van der Waals surface area contributed by atoms with Crippen LogP contribution in [0.2, 0.25) is 0 Å². The maximum atomic E-state index is 6.97. The van der Waals surface area contributed by atoms with Gasteiger partial charge in [-0.2, -0.15) is 0 Å². The Kier molecular flexibility index (Phi) is 10.5. The molecule has 1 aliphatic carbocycles. The molecule has 1 fully saturated rings. The van der Waals surface area contributed by atoms with Gasteiger partial charge >= 0.3 is 0 Å². The van der Waals surface area contributed by atoms with Crippen molar-refractivity contribution in [2.45, 2.75) is 129 Å². The van der Waals surface area contributed by atoms with Gasteiger partial charge in [0.25, 0.3) is 6.71 Å². The van der Waals surface area contributed by atoms with Crippen molar-refractivity contribution in [3.05, 3.63) is 198 Å². The third-order valence-electron chi connectivity index (χ3n) is 19.5. The van der Waals surface area contributed by atoms with E-state index in [4.69, 9.17) is 4.42 Å². The number of rotatable bonds is 4. The second kappa shape index (κ2) is 17.0. The zero-order valence-corrected chi connectivity index (χ0v) is 49.1. The summed E-state index contributed by atoms with van der Waals surface area (Å²) < 4.78 is 9.57. The first-order valence-corrected chi connectivity index (χ1v) is 30.1. The molecular weight excluding hydrogens is 990 g/mol. The van der Waals surface area contributed by atoms with E-state index in [9.17, 15) is 0 Å². The zero-order valence-electron chi connectivity index (χ0n) is 48.3. The van der Waals surface area contributed by atoms with Gasteiger partial charge in [-0.15, -0.1) is 11.3 Å². The number of thiophene rings is 1. The van der Waals surface area contributed by atoms with Crippen molar-refractivity contribution in [1.82, 2.24) is 0 Å². The van der Waals surface area contributed by atoms with E-state index in [1.54, 1.807) is 0 Å². The maximum Gasteiger partial charge on any atom is 0.252 e. The minimum Gasteiger partial charge on any atom is -0.456 e. The average Bonchev–Trinajstić information content (AvgIpc) is 4.19. The van der Waals surface area contributed by atoms with Crippen LogP contribution in [0, 0.1) is 0 Å². The molecule has 0 spiro atoms. The van der Waals surface area contributed by atoms with E-state index in [-0.39, 0.29) is 33.9 Å². The molecule has 5 heterocycles. The monoisotopic (exact) mass is 1060 g/mol. The lowest BCUT2D eigenvalue weighted by Crippen LogP contribution is -2.61. The Balaban J connectivity index is 1.13. The smallest absolute Gasteiger partial charge is 0.252 e. The highest BCUT2D eigenvalue weighted by atomic mass is 32.1. The van der Waals surface area contributed by atoms with E-state index in [1.165, 1.54) is 117 Å². The minimum atomic E-state index is -0.200. The number of fused-ring (bicyclic) bond motifs is 13. The molecule has 15 rings (SSSR count). The van der Waals surface area contributed by atoms with Crippen LogP contribution in [-0.2, 0) is 21.7 Å². The first-order valence-electron chi connectivity index (χ1n) is 29.2. The van der Waals surface area contributed by atoms with Gasteiger partial charge in [0.2, 0.25) is 0 Å². The molecule has 0 amide bonds. The molecule has 3 aliphatic heterocycles.